The first-order valence-corrected chi connectivity index (χ1v) is 10.9. The molecule has 1 aromatic carbocycles. The van der Waals surface area contributed by atoms with Crippen molar-refractivity contribution >= 4 is 16.8 Å². The molecule has 0 spiro atoms. The Labute approximate surface area is 194 Å². The van der Waals surface area contributed by atoms with Gasteiger partial charge in [0, 0.05) is 17.4 Å². The summed E-state index contributed by atoms with van der Waals surface area (Å²) in [6.07, 6.45) is -4.79. The van der Waals surface area contributed by atoms with Crippen LogP contribution < -0.4 is 5.32 Å². The number of alkyl halides is 3. The minimum Gasteiger partial charge on any atom is -0.422 e. The van der Waals surface area contributed by atoms with E-state index in [1.54, 1.807) is 0 Å². The Bertz CT molecular complexity index is 1240. The number of aromatic nitrogens is 3. The molecule has 1 unspecified atom stereocenters. The summed E-state index contributed by atoms with van der Waals surface area (Å²) < 4.78 is 78.9. The van der Waals surface area contributed by atoms with Crippen LogP contribution in [-0.2, 0) is 9.47 Å². The minimum atomic E-state index is -4.67. The number of pyridine rings is 1. The van der Waals surface area contributed by atoms with Crippen molar-refractivity contribution in [2.45, 2.75) is 56.2 Å². The second-order valence-electron chi connectivity index (χ2n) is 8.56. The van der Waals surface area contributed by atoms with Crippen LogP contribution in [0.3, 0.4) is 0 Å². The Morgan fingerprint density at radius 3 is 2.51 bits per heavy atom. The van der Waals surface area contributed by atoms with Gasteiger partial charge in [-0.15, -0.1) is 23.4 Å². The monoisotopic (exact) mass is 498 g/mol. The quantitative estimate of drug-likeness (QED) is 0.523. The molecule has 2 aliphatic rings. The Balaban J connectivity index is 1.13. The number of rotatable bonds is 5. The zero-order valence-electron chi connectivity index (χ0n) is 18.0. The molecule has 8 nitrogen and oxygen atoms in total. The van der Waals surface area contributed by atoms with E-state index in [9.17, 15) is 26.7 Å². The molecule has 3 heterocycles. The van der Waals surface area contributed by atoms with Gasteiger partial charge in [-0.25, -0.2) is 13.8 Å². The molecule has 13 heteroatoms. The number of nitrogens with zero attached hydrogens (tertiary/aromatic N) is 3. The number of benzene rings is 1. The molecule has 186 valence electrons. The minimum absolute atomic E-state index is 0.0560. The molecule has 2 atom stereocenters. The maximum Gasteiger partial charge on any atom is 0.522 e. The van der Waals surface area contributed by atoms with E-state index in [4.69, 9.17) is 9.15 Å². The van der Waals surface area contributed by atoms with E-state index < -0.39 is 36.1 Å². The average Bonchev–Trinajstić information content (AvgIpc) is 3.26. The van der Waals surface area contributed by atoms with Crippen LogP contribution in [0, 0.1) is 11.6 Å². The van der Waals surface area contributed by atoms with Crippen molar-refractivity contribution in [3.8, 4) is 0 Å². The molecular formula is C22H19F5N4O4. The number of amides is 1. The highest BCUT2D eigenvalue weighted by molar-refractivity contribution is 5.95. The van der Waals surface area contributed by atoms with Crippen molar-refractivity contribution in [1.82, 2.24) is 20.5 Å². The van der Waals surface area contributed by atoms with Gasteiger partial charge >= 0.3 is 6.36 Å². The van der Waals surface area contributed by atoms with Crippen LogP contribution in [0.4, 0.5) is 22.0 Å². The van der Waals surface area contributed by atoms with Crippen LogP contribution in [0.25, 0.3) is 10.9 Å². The Hall–Kier alpha value is -3.19. The summed E-state index contributed by atoms with van der Waals surface area (Å²) in [5, 5.41) is 11.1. The first kappa shape index (κ1) is 23.5. The fourth-order valence-electron chi connectivity index (χ4n) is 4.16. The van der Waals surface area contributed by atoms with E-state index in [1.807, 2.05) is 0 Å². The van der Waals surface area contributed by atoms with Gasteiger partial charge in [0.05, 0.1) is 24.3 Å². The summed E-state index contributed by atoms with van der Waals surface area (Å²) in [4.78, 5) is 16.7. The molecule has 1 amide bonds. The van der Waals surface area contributed by atoms with E-state index in [-0.39, 0.29) is 54.4 Å². The van der Waals surface area contributed by atoms with Crippen molar-refractivity contribution < 1.29 is 40.6 Å². The van der Waals surface area contributed by atoms with E-state index in [1.165, 1.54) is 12.1 Å². The zero-order chi connectivity index (χ0) is 24.7. The van der Waals surface area contributed by atoms with Crippen molar-refractivity contribution in [3.05, 3.63) is 53.4 Å². The molecule has 1 aliphatic heterocycles. The number of carbonyl (C=O) groups excluding carboxylic acids is 1. The molecule has 0 bridgehead atoms. The summed E-state index contributed by atoms with van der Waals surface area (Å²) in [6.45, 7) is 0.159. The molecule has 2 fully saturated rings. The average molecular weight is 498 g/mol. The largest absolute Gasteiger partial charge is 0.522 e. The number of carbonyl (C=O) groups is 1. The second-order valence-corrected chi connectivity index (χ2v) is 8.56. The van der Waals surface area contributed by atoms with Gasteiger partial charge in [0.15, 0.2) is 11.6 Å². The molecule has 5 rings (SSSR count). The molecule has 1 N–H and O–H groups in total. The van der Waals surface area contributed by atoms with Crippen LogP contribution in [0.1, 0.15) is 60.0 Å². The van der Waals surface area contributed by atoms with Crippen molar-refractivity contribution in [1.29, 1.82) is 0 Å². The van der Waals surface area contributed by atoms with E-state index in [0.717, 1.165) is 12.1 Å². The van der Waals surface area contributed by atoms with Crippen molar-refractivity contribution in [3.63, 3.8) is 0 Å². The standard InChI is InChI=1S/C22H19F5N4O4/c23-14-7-10-1-3-16(29-17(10)8-15(14)24)19(32)28-12-2-4-18(33-9-12)21-31-30-20(34-21)11-5-13(6-11)35-22(25,26)27/h1,3,7-8,11-13,18H,2,4-6,9H2,(H,28,32)/t11?,12?,13?,18-/m1/s1. The number of hydrogen-bond acceptors (Lipinski definition) is 7. The Morgan fingerprint density at radius 2 is 1.80 bits per heavy atom. The topological polar surface area (TPSA) is 99.4 Å². The van der Waals surface area contributed by atoms with Gasteiger partial charge in [0.2, 0.25) is 11.8 Å². The number of fused-ring (bicyclic) bond motifs is 1. The SMILES string of the molecule is O=C(NC1CC[C@H](c2nnc(C3CC(OC(F)(F)F)C3)o2)OC1)c1ccc2cc(F)c(F)cc2n1. The third-order valence-electron chi connectivity index (χ3n) is 6.05. The summed E-state index contributed by atoms with van der Waals surface area (Å²) >= 11 is 0. The van der Waals surface area contributed by atoms with E-state index in [2.05, 4.69) is 25.2 Å². The lowest BCUT2D eigenvalue weighted by molar-refractivity contribution is -0.352. The predicted molar refractivity (Wildman–Crippen MR) is 108 cm³/mol. The predicted octanol–water partition coefficient (Wildman–Crippen LogP) is 4.33. The smallest absolute Gasteiger partial charge is 0.422 e. The molecule has 2 aromatic heterocycles. The highest BCUT2D eigenvalue weighted by Gasteiger charge is 2.42. The third kappa shape index (κ3) is 5.25. The van der Waals surface area contributed by atoms with Crippen LogP contribution in [-0.4, -0.2) is 46.2 Å². The third-order valence-corrected chi connectivity index (χ3v) is 6.05. The first-order valence-electron chi connectivity index (χ1n) is 10.9. The Morgan fingerprint density at radius 1 is 1.06 bits per heavy atom. The highest BCUT2D eigenvalue weighted by Crippen LogP contribution is 2.41. The zero-order valence-corrected chi connectivity index (χ0v) is 18.0. The van der Waals surface area contributed by atoms with Gasteiger partial charge in [-0.3, -0.25) is 9.53 Å². The normalized spacial score (nSPS) is 24.8. The molecule has 1 aliphatic carbocycles. The Kier molecular flexibility index (Phi) is 6.13. The van der Waals surface area contributed by atoms with Gasteiger partial charge in [0.25, 0.3) is 5.91 Å². The van der Waals surface area contributed by atoms with Crippen LogP contribution in [0.15, 0.2) is 28.7 Å². The lowest BCUT2D eigenvalue weighted by atomic mass is 9.82. The molecule has 1 saturated heterocycles. The van der Waals surface area contributed by atoms with Gasteiger partial charge in [-0.2, -0.15) is 0 Å². The lowest BCUT2D eigenvalue weighted by Crippen LogP contribution is -2.41. The maximum atomic E-state index is 13.5. The summed E-state index contributed by atoms with van der Waals surface area (Å²) in [5.41, 5.74) is 0.215. The fraction of sp³-hybridized carbons (Fsp3) is 0.455. The molecule has 3 aromatic rings. The van der Waals surface area contributed by atoms with Gasteiger partial charge in [-0.1, -0.05) is 6.07 Å². The fourth-order valence-corrected chi connectivity index (χ4v) is 4.16. The molecular weight excluding hydrogens is 479 g/mol. The summed E-state index contributed by atoms with van der Waals surface area (Å²) in [7, 11) is 0. The van der Waals surface area contributed by atoms with E-state index in [0.29, 0.717) is 18.2 Å². The first-order chi connectivity index (χ1) is 16.6. The molecule has 1 saturated carbocycles. The van der Waals surface area contributed by atoms with Gasteiger partial charge in [-0.05, 0) is 37.8 Å². The van der Waals surface area contributed by atoms with Gasteiger partial charge < -0.3 is 14.5 Å². The van der Waals surface area contributed by atoms with Gasteiger partial charge in [0.1, 0.15) is 11.8 Å². The van der Waals surface area contributed by atoms with Crippen molar-refractivity contribution in [2.75, 3.05) is 6.61 Å². The number of nitrogens with one attached hydrogen (secondary N) is 1. The van der Waals surface area contributed by atoms with Crippen LogP contribution >= 0.6 is 0 Å². The van der Waals surface area contributed by atoms with Crippen LogP contribution in [0.2, 0.25) is 0 Å². The lowest BCUT2D eigenvalue weighted by Gasteiger charge is -2.33. The van der Waals surface area contributed by atoms with E-state index >= 15 is 0 Å². The summed E-state index contributed by atoms with van der Waals surface area (Å²) in [5.74, 6) is -2.34. The molecule has 35 heavy (non-hydrogen) atoms. The molecule has 0 radical (unpaired) electrons. The number of halogens is 5. The number of ether oxygens (including phenoxy) is 2. The van der Waals surface area contributed by atoms with Crippen LogP contribution in [0.5, 0.6) is 0 Å². The van der Waals surface area contributed by atoms with Crippen molar-refractivity contribution in [2.24, 2.45) is 0 Å². The second kappa shape index (κ2) is 9.11. The maximum absolute atomic E-state index is 13.5. The number of hydrogen-bond donors (Lipinski definition) is 1. The highest BCUT2D eigenvalue weighted by atomic mass is 19.4. The summed E-state index contributed by atoms with van der Waals surface area (Å²) in [6, 6.07) is 4.53.